The number of benzene rings is 2. The summed E-state index contributed by atoms with van der Waals surface area (Å²) in [5.41, 5.74) is 2.34. The Bertz CT molecular complexity index is 1070. The van der Waals surface area contributed by atoms with Gasteiger partial charge in [0, 0.05) is 11.8 Å². The van der Waals surface area contributed by atoms with Gasteiger partial charge in [-0.1, -0.05) is 0 Å². The molecule has 1 aromatic heterocycles. The van der Waals surface area contributed by atoms with E-state index in [2.05, 4.69) is 9.98 Å². The van der Waals surface area contributed by atoms with E-state index >= 15 is 0 Å². The molecule has 0 bridgehead atoms. The minimum absolute atomic E-state index is 0.277. The Morgan fingerprint density at radius 1 is 1.19 bits per heavy atom. The molecule has 1 aliphatic heterocycles. The second-order valence-electron chi connectivity index (χ2n) is 6.26. The summed E-state index contributed by atoms with van der Waals surface area (Å²) >= 11 is 2.89. The number of aromatic hydroxyl groups is 1. The number of nitrogens with zero attached hydrogens (tertiary/aromatic N) is 2. The third kappa shape index (κ3) is 3.50. The number of carbonyl (C=O) groups is 1. The van der Waals surface area contributed by atoms with E-state index in [1.54, 1.807) is 12.1 Å². The molecule has 0 amide bonds. The quantitative estimate of drug-likeness (QED) is 0.676. The minimum Gasteiger partial charge on any atom is -0.507 e. The summed E-state index contributed by atoms with van der Waals surface area (Å²) in [5.74, 6) is 1.14. The maximum absolute atomic E-state index is 11.1. The number of thioether (sulfide) groups is 1. The highest BCUT2D eigenvalue weighted by Gasteiger charge is 2.26. The molecule has 138 valence electrons. The molecule has 1 unspecified atom stereocenters. The smallest absolute Gasteiger partial charge is 0.329 e. The molecule has 0 aliphatic carbocycles. The third-order valence-corrected chi connectivity index (χ3v) is 6.39. The predicted octanol–water partition coefficient (Wildman–Crippen LogP) is 4.36. The van der Waals surface area contributed by atoms with Crippen LogP contribution in [0.5, 0.6) is 17.2 Å². The van der Waals surface area contributed by atoms with E-state index in [4.69, 9.17) is 9.84 Å². The highest BCUT2D eigenvalue weighted by Crippen LogP contribution is 2.34. The van der Waals surface area contributed by atoms with Gasteiger partial charge in [-0.3, -0.25) is 4.99 Å². The molecule has 0 spiro atoms. The van der Waals surface area contributed by atoms with Crippen LogP contribution in [0.15, 0.2) is 35.3 Å². The van der Waals surface area contributed by atoms with E-state index in [1.807, 2.05) is 32.0 Å². The summed E-state index contributed by atoms with van der Waals surface area (Å²) in [6, 6.07) is 8.51. The zero-order valence-electron chi connectivity index (χ0n) is 14.6. The lowest BCUT2D eigenvalue weighted by Crippen LogP contribution is -2.17. The number of hydrogen-bond acceptors (Lipinski definition) is 7. The van der Waals surface area contributed by atoms with Crippen molar-refractivity contribution < 1.29 is 19.7 Å². The number of aliphatic carboxylic acids is 1. The van der Waals surface area contributed by atoms with Crippen molar-refractivity contribution in [1.29, 1.82) is 0 Å². The van der Waals surface area contributed by atoms with Crippen molar-refractivity contribution in [3.05, 3.63) is 46.5 Å². The lowest BCUT2D eigenvalue weighted by atomic mass is 10.1. The highest BCUT2D eigenvalue weighted by atomic mass is 32.2. The largest absolute Gasteiger partial charge is 0.507 e. The lowest BCUT2D eigenvalue weighted by molar-refractivity contribution is -0.137. The molecule has 0 saturated carbocycles. The van der Waals surface area contributed by atoms with Crippen LogP contribution in [0.4, 0.5) is 0 Å². The molecule has 1 atom stereocenters. The Balaban J connectivity index is 1.62. The molecule has 2 N–H and O–H groups in total. The number of aryl methyl sites for hydroxylation is 2. The van der Waals surface area contributed by atoms with Crippen LogP contribution >= 0.6 is 23.1 Å². The van der Waals surface area contributed by atoms with Gasteiger partial charge in [-0.25, -0.2) is 9.78 Å². The normalized spacial score (nSPS) is 16.5. The fourth-order valence-corrected chi connectivity index (χ4v) is 4.88. The number of thiazole rings is 1. The van der Waals surface area contributed by atoms with E-state index in [9.17, 15) is 9.90 Å². The topological polar surface area (TPSA) is 92.0 Å². The van der Waals surface area contributed by atoms with Crippen molar-refractivity contribution >= 4 is 44.3 Å². The van der Waals surface area contributed by atoms with Gasteiger partial charge >= 0.3 is 5.97 Å². The molecule has 2 heterocycles. The number of aliphatic imine (C=N–C) groups is 1. The van der Waals surface area contributed by atoms with E-state index in [0.29, 0.717) is 22.3 Å². The molecule has 6 nitrogen and oxygen atoms in total. The zero-order chi connectivity index (χ0) is 19.1. The zero-order valence-corrected chi connectivity index (χ0v) is 16.2. The van der Waals surface area contributed by atoms with Gasteiger partial charge < -0.3 is 14.9 Å². The molecule has 3 aromatic rings. The first-order chi connectivity index (χ1) is 12.9. The van der Waals surface area contributed by atoms with Crippen molar-refractivity contribution in [3.8, 4) is 17.2 Å². The number of carboxylic acids is 1. The fraction of sp³-hybridized carbons (Fsp3) is 0.211. The highest BCUT2D eigenvalue weighted by molar-refractivity contribution is 8.15. The van der Waals surface area contributed by atoms with Crippen molar-refractivity contribution in [2.75, 3.05) is 5.75 Å². The van der Waals surface area contributed by atoms with E-state index in [-0.39, 0.29) is 5.75 Å². The number of rotatable bonds is 4. The van der Waals surface area contributed by atoms with Crippen LogP contribution in [-0.2, 0) is 4.79 Å². The second-order valence-corrected chi connectivity index (χ2v) is 8.29. The Morgan fingerprint density at radius 3 is 2.59 bits per heavy atom. The van der Waals surface area contributed by atoms with E-state index in [1.165, 1.54) is 23.1 Å². The van der Waals surface area contributed by atoms with Gasteiger partial charge in [0.2, 0.25) is 0 Å². The molecule has 0 saturated heterocycles. The number of phenols is 1. The van der Waals surface area contributed by atoms with Crippen LogP contribution in [-0.4, -0.2) is 38.0 Å². The number of ether oxygens (including phenoxy) is 1. The average molecular weight is 400 g/mol. The first-order valence-corrected chi connectivity index (χ1v) is 10.0. The molecule has 0 radical (unpaired) electrons. The number of phenolic OH excluding ortho intramolecular Hbond substituents is 1. The van der Waals surface area contributed by atoms with Gasteiger partial charge in [0.05, 0.1) is 10.2 Å². The molecule has 2 aromatic carbocycles. The second kappa shape index (κ2) is 6.86. The summed E-state index contributed by atoms with van der Waals surface area (Å²) in [6.45, 7) is 3.66. The van der Waals surface area contributed by atoms with Crippen molar-refractivity contribution in [1.82, 2.24) is 4.98 Å². The molecular formula is C19H16N2O4S2. The van der Waals surface area contributed by atoms with Gasteiger partial charge in [0.25, 0.3) is 0 Å². The molecule has 0 fully saturated rings. The molecule has 4 rings (SSSR count). The van der Waals surface area contributed by atoms with Crippen molar-refractivity contribution in [2.24, 2.45) is 4.99 Å². The third-order valence-electron chi connectivity index (χ3n) is 4.18. The molecule has 8 heteroatoms. The van der Waals surface area contributed by atoms with Crippen LogP contribution < -0.4 is 4.74 Å². The Labute approximate surface area is 163 Å². The standard InChI is InChI=1S/C19H16N2O4S2/c1-9-5-12(6-10(2)16(9)22)25-11-3-4-13-15(7-11)27-18(20-13)17-21-14(8-26-17)19(23)24/h3-7,14,22H,8H2,1-2H3,(H,23,24). The van der Waals surface area contributed by atoms with Crippen LogP contribution in [0.2, 0.25) is 0 Å². The Morgan fingerprint density at radius 2 is 1.93 bits per heavy atom. The SMILES string of the molecule is Cc1cc(Oc2ccc3nc(C4=NC(C(=O)O)CS4)sc3c2)cc(C)c1O. The van der Waals surface area contributed by atoms with Crippen LogP contribution in [0.1, 0.15) is 16.1 Å². The summed E-state index contributed by atoms with van der Waals surface area (Å²) in [5, 5.41) is 20.4. The first-order valence-electron chi connectivity index (χ1n) is 8.23. The Kier molecular flexibility index (Phi) is 4.53. The fourth-order valence-electron chi connectivity index (χ4n) is 2.79. The van der Waals surface area contributed by atoms with Gasteiger partial charge in [0.1, 0.15) is 27.3 Å². The number of fused-ring (bicyclic) bond motifs is 1. The minimum atomic E-state index is -0.909. The molecular weight excluding hydrogens is 384 g/mol. The summed E-state index contributed by atoms with van der Waals surface area (Å²) in [4.78, 5) is 19.9. The number of carboxylic acid groups (broad SMARTS) is 1. The number of hydrogen-bond donors (Lipinski definition) is 2. The van der Waals surface area contributed by atoms with E-state index < -0.39 is 12.0 Å². The maximum atomic E-state index is 11.1. The van der Waals surface area contributed by atoms with Crippen molar-refractivity contribution in [3.63, 3.8) is 0 Å². The maximum Gasteiger partial charge on any atom is 0.329 e. The molecule has 27 heavy (non-hydrogen) atoms. The summed E-state index contributed by atoms with van der Waals surface area (Å²) < 4.78 is 6.88. The monoisotopic (exact) mass is 400 g/mol. The average Bonchev–Trinajstić information content (AvgIpc) is 3.26. The van der Waals surface area contributed by atoms with Gasteiger partial charge in [-0.15, -0.1) is 23.1 Å². The van der Waals surface area contributed by atoms with E-state index in [0.717, 1.165) is 26.4 Å². The molecule has 1 aliphatic rings. The van der Waals surface area contributed by atoms with Gasteiger partial charge in [0.15, 0.2) is 6.04 Å². The summed E-state index contributed by atoms with van der Waals surface area (Å²) in [7, 11) is 0. The van der Waals surface area contributed by atoms with Crippen LogP contribution in [0, 0.1) is 13.8 Å². The first kappa shape index (κ1) is 17.8. The Hall–Kier alpha value is -2.58. The summed E-state index contributed by atoms with van der Waals surface area (Å²) in [6.07, 6.45) is 0. The predicted molar refractivity (Wildman–Crippen MR) is 108 cm³/mol. The van der Waals surface area contributed by atoms with Gasteiger partial charge in [-0.05, 0) is 49.2 Å². The van der Waals surface area contributed by atoms with Crippen LogP contribution in [0.25, 0.3) is 10.2 Å². The van der Waals surface area contributed by atoms with Gasteiger partial charge in [-0.2, -0.15) is 0 Å². The van der Waals surface area contributed by atoms with Crippen LogP contribution in [0.3, 0.4) is 0 Å². The van der Waals surface area contributed by atoms with Crippen molar-refractivity contribution in [2.45, 2.75) is 19.9 Å². The number of aromatic nitrogens is 1. The lowest BCUT2D eigenvalue weighted by Gasteiger charge is -2.09.